The average Bonchev–Trinajstić information content (AvgIpc) is 3.31. The van der Waals surface area contributed by atoms with Gasteiger partial charge in [0.25, 0.3) is 0 Å². The molecule has 0 spiro atoms. The highest BCUT2D eigenvalue weighted by molar-refractivity contribution is 5.58. The fraction of sp³-hybridized carbons (Fsp3) is 0.400. The van der Waals surface area contributed by atoms with Crippen LogP contribution in [0.5, 0.6) is 0 Å². The van der Waals surface area contributed by atoms with Crippen molar-refractivity contribution in [2.24, 2.45) is 7.05 Å². The molecule has 5 heteroatoms. The van der Waals surface area contributed by atoms with Crippen LogP contribution in [0.25, 0.3) is 11.3 Å². The third-order valence-corrected chi connectivity index (χ3v) is 5.25. The number of hydrogen-bond donors (Lipinski definition) is 0. The van der Waals surface area contributed by atoms with Gasteiger partial charge >= 0.3 is 0 Å². The van der Waals surface area contributed by atoms with Crippen molar-refractivity contribution in [1.29, 1.82) is 0 Å². The summed E-state index contributed by atoms with van der Waals surface area (Å²) in [6.07, 6.45) is 2.38. The molecule has 25 heavy (non-hydrogen) atoms. The molecule has 0 unspecified atom stereocenters. The van der Waals surface area contributed by atoms with E-state index in [1.807, 2.05) is 29.9 Å². The lowest BCUT2D eigenvalue weighted by atomic mass is 10.0. The van der Waals surface area contributed by atoms with Crippen LogP contribution in [0.4, 0.5) is 0 Å². The molecule has 1 aliphatic rings. The molecule has 0 radical (unpaired) electrons. The first kappa shape index (κ1) is 16.1. The Morgan fingerprint density at radius 1 is 1.20 bits per heavy atom. The SMILES string of the molecule is Cc1nn(C)c(C)c1[C@H]1CCCN1Cc1cc(-c2ccccc2)no1. The number of rotatable bonds is 4. The Balaban J connectivity index is 1.55. The fourth-order valence-electron chi connectivity index (χ4n) is 3.95. The van der Waals surface area contributed by atoms with Crippen LogP contribution in [0.2, 0.25) is 0 Å². The van der Waals surface area contributed by atoms with Gasteiger partial charge < -0.3 is 4.52 Å². The summed E-state index contributed by atoms with van der Waals surface area (Å²) in [5, 5.41) is 8.84. The highest BCUT2D eigenvalue weighted by Crippen LogP contribution is 2.36. The van der Waals surface area contributed by atoms with Gasteiger partial charge in [-0.15, -0.1) is 0 Å². The fourth-order valence-corrected chi connectivity index (χ4v) is 3.95. The molecular weight excluding hydrogens is 312 g/mol. The molecule has 2 aromatic heterocycles. The molecule has 0 saturated carbocycles. The van der Waals surface area contributed by atoms with E-state index in [4.69, 9.17) is 4.52 Å². The lowest BCUT2D eigenvalue weighted by molar-refractivity contribution is 0.216. The highest BCUT2D eigenvalue weighted by Gasteiger charge is 2.31. The summed E-state index contributed by atoms with van der Waals surface area (Å²) < 4.78 is 7.61. The molecule has 5 nitrogen and oxygen atoms in total. The maximum atomic E-state index is 5.62. The maximum Gasteiger partial charge on any atom is 0.151 e. The topological polar surface area (TPSA) is 47.1 Å². The van der Waals surface area contributed by atoms with Gasteiger partial charge in [-0.2, -0.15) is 5.10 Å². The molecule has 0 amide bonds. The zero-order valence-electron chi connectivity index (χ0n) is 15.1. The van der Waals surface area contributed by atoms with Crippen LogP contribution in [0.1, 0.15) is 41.6 Å². The number of aryl methyl sites for hydroxylation is 2. The summed E-state index contributed by atoms with van der Waals surface area (Å²) in [7, 11) is 2.02. The van der Waals surface area contributed by atoms with Gasteiger partial charge in [0.15, 0.2) is 5.76 Å². The van der Waals surface area contributed by atoms with Crippen molar-refractivity contribution in [3.05, 3.63) is 59.1 Å². The van der Waals surface area contributed by atoms with Gasteiger partial charge in [0, 0.05) is 36.0 Å². The van der Waals surface area contributed by atoms with Gasteiger partial charge in [-0.25, -0.2) is 0 Å². The molecule has 0 aliphatic carbocycles. The highest BCUT2D eigenvalue weighted by atomic mass is 16.5. The van der Waals surface area contributed by atoms with E-state index in [-0.39, 0.29) is 0 Å². The van der Waals surface area contributed by atoms with Crippen LogP contribution in [0.3, 0.4) is 0 Å². The van der Waals surface area contributed by atoms with Crippen LogP contribution in [0, 0.1) is 13.8 Å². The number of aromatic nitrogens is 3. The van der Waals surface area contributed by atoms with Gasteiger partial charge in [-0.05, 0) is 33.2 Å². The van der Waals surface area contributed by atoms with E-state index in [0.717, 1.165) is 35.8 Å². The number of hydrogen-bond acceptors (Lipinski definition) is 4. The first-order valence-electron chi connectivity index (χ1n) is 8.88. The molecule has 1 saturated heterocycles. The molecule has 3 aromatic rings. The summed E-state index contributed by atoms with van der Waals surface area (Å²) in [6.45, 7) is 6.15. The smallest absolute Gasteiger partial charge is 0.151 e. The van der Waals surface area contributed by atoms with E-state index >= 15 is 0 Å². The van der Waals surface area contributed by atoms with E-state index in [2.05, 4.69) is 47.2 Å². The van der Waals surface area contributed by atoms with Crippen LogP contribution >= 0.6 is 0 Å². The van der Waals surface area contributed by atoms with Gasteiger partial charge in [0.1, 0.15) is 5.69 Å². The Labute approximate surface area is 148 Å². The summed E-state index contributed by atoms with van der Waals surface area (Å²) in [5.74, 6) is 0.921. The van der Waals surface area contributed by atoms with Crippen molar-refractivity contribution in [1.82, 2.24) is 19.8 Å². The minimum atomic E-state index is 0.416. The summed E-state index contributed by atoms with van der Waals surface area (Å²) in [5.41, 5.74) is 5.77. The molecule has 0 N–H and O–H groups in total. The van der Waals surface area contributed by atoms with Crippen LogP contribution in [-0.4, -0.2) is 26.4 Å². The summed E-state index contributed by atoms with van der Waals surface area (Å²) in [6, 6.07) is 12.7. The summed E-state index contributed by atoms with van der Waals surface area (Å²) >= 11 is 0. The molecule has 130 valence electrons. The molecule has 1 atom stereocenters. The number of benzene rings is 1. The van der Waals surface area contributed by atoms with Gasteiger partial charge in [0.05, 0.1) is 12.2 Å². The standard InChI is InChI=1S/C20H24N4O/c1-14-20(15(2)23(3)21-14)19-10-7-11-24(19)13-17-12-18(22-25-17)16-8-5-4-6-9-16/h4-6,8-9,12,19H,7,10-11,13H2,1-3H3/t19-/m1/s1. The molecule has 3 heterocycles. The minimum absolute atomic E-state index is 0.416. The largest absolute Gasteiger partial charge is 0.359 e. The predicted molar refractivity (Wildman–Crippen MR) is 97.0 cm³/mol. The lowest BCUT2D eigenvalue weighted by Gasteiger charge is -2.23. The molecule has 0 bridgehead atoms. The van der Waals surface area contributed by atoms with Crippen molar-refractivity contribution < 1.29 is 4.52 Å². The molecule has 1 fully saturated rings. The average molecular weight is 336 g/mol. The normalized spacial score (nSPS) is 18.1. The quantitative estimate of drug-likeness (QED) is 0.722. The molecule has 4 rings (SSSR count). The van der Waals surface area contributed by atoms with Gasteiger partial charge in [-0.1, -0.05) is 35.5 Å². The van der Waals surface area contributed by atoms with E-state index in [1.54, 1.807) is 0 Å². The Hall–Kier alpha value is -2.40. The van der Waals surface area contributed by atoms with E-state index in [0.29, 0.717) is 6.04 Å². The van der Waals surface area contributed by atoms with Gasteiger partial charge in [0.2, 0.25) is 0 Å². The third kappa shape index (κ3) is 3.00. The van der Waals surface area contributed by atoms with Crippen molar-refractivity contribution in [2.45, 2.75) is 39.3 Å². The first-order chi connectivity index (χ1) is 12.1. The van der Waals surface area contributed by atoms with Crippen LogP contribution in [-0.2, 0) is 13.6 Å². The predicted octanol–water partition coefficient (Wildman–Crippen LogP) is 4.03. The Morgan fingerprint density at radius 3 is 2.72 bits per heavy atom. The molecular formula is C20H24N4O. The van der Waals surface area contributed by atoms with Crippen molar-refractivity contribution >= 4 is 0 Å². The monoisotopic (exact) mass is 336 g/mol. The second kappa shape index (κ2) is 6.48. The second-order valence-electron chi connectivity index (χ2n) is 6.88. The zero-order chi connectivity index (χ0) is 17.4. The zero-order valence-corrected chi connectivity index (χ0v) is 15.1. The number of nitrogens with zero attached hydrogens (tertiary/aromatic N) is 4. The van der Waals surface area contributed by atoms with Crippen LogP contribution in [0.15, 0.2) is 40.9 Å². The Bertz CT molecular complexity index is 865. The van der Waals surface area contributed by atoms with Crippen LogP contribution < -0.4 is 0 Å². The van der Waals surface area contributed by atoms with E-state index in [9.17, 15) is 0 Å². The van der Waals surface area contributed by atoms with E-state index < -0.39 is 0 Å². The first-order valence-corrected chi connectivity index (χ1v) is 8.88. The second-order valence-corrected chi connectivity index (χ2v) is 6.88. The van der Waals surface area contributed by atoms with Crippen molar-refractivity contribution in [2.75, 3.05) is 6.54 Å². The summed E-state index contributed by atoms with van der Waals surface area (Å²) in [4.78, 5) is 2.49. The molecule has 1 aromatic carbocycles. The van der Waals surface area contributed by atoms with Crippen molar-refractivity contribution in [3.8, 4) is 11.3 Å². The third-order valence-electron chi connectivity index (χ3n) is 5.25. The molecule has 1 aliphatic heterocycles. The van der Waals surface area contributed by atoms with E-state index in [1.165, 1.54) is 24.1 Å². The Morgan fingerprint density at radius 2 is 2.00 bits per heavy atom. The number of likely N-dealkylation sites (tertiary alicyclic amines) is 1. The maximum absolute atomic E-state index is 5.62. The minimum Gasteiger partial charge on any atom is -0.359 e. The Kier molecular flexibility index (Phi) is 4.17. The van der Waals surface area contributed by atoms with Gasteiger partial charge in [-0.3, -0.25) is 9.58 Å². The lowest BCUT2D eigenvalue weighted by Crippen LogP contribution is -2.23. The van der Waals surface area contributed by atoms with Crippen molar-refractivity contribution in [3.63, 3.8) is 0 Å².